The fourth-order valence-electron chi connectivity index (χ4n) is 2.74. The fourth-order valence-corrected chi connectivity index (χ4v) is 2.74. The zero-order valence-corrected chi connectivity index (χ0v) is 14.1. The standard InChI is InChI=1S/C18H28O3/c1-12(15(19)20)10-18(21)9-8-13(16(2,3)4)14(11-18)17(5,6)7/h8-9,21H,1,10-11H2,2-7H3,(H,19,20). The Morgan fingerprint density at radius 1 is 1.24 bits per heavy atom. The minimum absolute atomic E-state index is 0.00967. The Kier molecular flexibility index (Phi) is 4.59. The Labute approximate surface area is 128 Å². The quantitative estimate of drug-likeness (QED) is 0.770. The number of aliphatic hydroxyl groups is 1. The molecular formula is C18H28O3. The summed E-state index contributed by atoms with van der Waals surface area (Å²) in [7, 11) is 0. The summed E-state index contributed by atoms with van der Waals surface area (Å²) in [6, 6.07) is 0. The molecule has 1 rings (SSSR count). The lowest BCUT2D eigenvalue weighted by Gasteiger charge is -2.40. The van der Waals surface area contributed by atoms with Crippen LogP contribution in [0.15, 0.2) is 35.5 Å². The van der Waals surface area contributed by atoms with Gasteiger partial charge in [-0.05, 0) is 16.4 Å². The summed E-state index contributed by atoms with van der Waals surface area (Å²) in [5.74, 6) is -1.06. The summed E-state index contributed by atoms with van der Waals surface area (Å²) in [5, 5.41) is 19.8. The van der Waals surface area contributed by atoms with E-state index in [2.05, 4.69) is 48.1 Å². The van der Waals surface area contributed by atoms with Gasteiger partial charge in [-0.1, -0.05) is 65.8 Å². The van der Waals surface area contributed by atoms with E-state index in [9.17, 15) is 9.90 Å². The van der Waals surface area contributed by atoms with E-state index in [-0.39, 0.29) is 22.8 Å². The van der Waals surface area contributed by atoms with Crippen LogP contribution in [0.1, 0.15) is 54.4 Å². The molecule has 0 aliphatic heterocycles. The molecule has 1 aliphatic carbocycles. The molecule has 0 bridgehead atoms. The van der Waals surface area contributed by atoms with Gasteiger partial charge in [0.25, 0.3) is 0 Å². The first kappa shape index (κ1) is 17.7. The molecule has 1 unspecified atom stereocenters. The Balaban J connectivity index is 3.20. The van der Waals surface area contributed by atoms with Gasteiger partial charge in [-0.15, -0.1) is 0 Å². The van der Waals surface area contributed by atoms with Gasteiger partial charge in [0.05, 0.1) is 5.60 Å². The number of aliphatic carboxylic acids is 1. The molecule has 0 heterocycles. The number of hydrogen-bond donors (Lipinski definition) is 2. The molecule has 118 valence electrons. The van der Waals surface area contributed by atoms with Gasteiger partial charge in [0.1, 0.15) is 0 Å². The zero-order chi connectivity index (χ0) is 16.6. The van der Waals surface area contributed by atoms with Crippen LogP contribution < -0.4 is 0 Å². The third-order valence-corrected chi connectivity index (χ3v) is 3.90. The summed E-state index contributed by atoms with van der Waals surface area (Å²) in [6.45, 7) is 16.4. The predicted octanol–water partition coefficient (Wildman–Crippen LogP) is 4.10. The molecule has 0 fully saturated rings. The van der Waals surface area contributed by atoms with Crippen LogP contribution in [0.4, 0.5) is 0 Å². The van der Waals surface area contributed by atoms with Crippen LogP contribution in [-0.4, -0.2) is 21.8 Å². The predicted molar refractivity (Wildman–Crippen MR) is 86.0 cm³/mol. The minimum atomic E-state index is -1.16. The van der Waals surface area contributed by atoms with Crippen LogP contribution in [0.25, 0.3) is 0 Å². The van der Waals surface area contributed by atoms with Crippen molar-refractivity contribution in [3.8, 4) is 0 Å². The molecule has 3 nitrogen and oxygen atoms in total. The van der Waals surface area contributed by atoms with Gasteiger partial charge in [-0.25, -0.2) is 4.79 Å². The Morgan fingerprint density at radius 3 is 2.14 bits per heavy atom. The zero-order valence-electron chi connectivity index (χ0n) is 14.1. The molecule has 1 aliphatic rings. The molecule has 0 radical (unpaired) electrons. The van der Waals surface area contributed by atoms with Crippen molar-refractivity contribution in [2.24, 2.45) is 10.8 Å². The van der Waals surface area contributed by atoms with Gasteiger partial charge in [-0.2, -0.15) is 0 Å². The minimum Gasteiger partial charge on any atom is -0.478 e. The van der Waals surface area contributed by atoms with Crippen molar-refractivity contribution < 1.29 is 15.0 Å². The number of carboxylic acids is 1. The van der Waals surface area contributed by atoms with Gasteiger partial charge in [0.15, 0.2) is 0 Å². The average molecular weight is 292 g/mol. The third kappa shape index (κ3) is 4.31. The molecule has 0 aromatic carbocycles. The second kappa shape index (κ2) is 5.45. The van der Waals surface area contributed by atoms with Crippen molar-refractivity contribution in [3.63, 3.8) is 0 Å². The number of allylic oxidation sites excluding steroid dienone is 2. The van der Waals surface area contributed by atoms with Gasteiger partial charge >= 0.3 is 5.97 Å². The molecule has 3 heteroatoms. The molecule has 0 spiro atoms. The Bertz CT molecular complexity index is 510. The highest BCUT2D eigenvalue weighted by atomic mass is 16.4. The summed E-state index contributed by atoms with van der Waals surface area (Å²) in [4.78, 5) is 11.0. The van der Waals surface area contributed by atoms with E-state index >= 15 is 0 Å². The maximum absolute atomic E-state index is 11.0. The Morgan fingerprint density at radius 2 is 1.76 bits per heavy atom. The summed E-state index contributed by atoms with van der Waals surface area (Å²) in [5.41, 5.74) is 1.19. The van der Waals surface area contributed by atoms with Crippen molar-refractivity contribution in [3.05, 3.63) is 35.5 Å². The normalized spacial score (nSPS) is 23.4. The highest BCUT2D eigenvalue weighted by molar-refractivity contribution is 5.86. The van der Waals surface area contributed by atoms with Gasteiger partial charge < -0.3 is 10.2 Å². The molecule has 1 atom stereocenters. The largest absolute Gasteiger partial charge is 0.478 e. The Hall–Kier alpha value is -1.35. The summed E-state index contributed by atoms with van der Waals surface area (Å²) < 4.78 is 0. The van der Waals surface area contributed by atoms with Crippen LogP contribution in [-0.2, 0) is 4.79 Å². The van der Waals surface area contributed by atoms with E-state index in [0.29, 0.717) is 6.42 Å². The smallest absolute Gasteiger partial charge is 0.331 e. The molecule has 0 saturated heterocycles. The molecule has 21 heavy (non-hydrogen) atoms. The van der Waals surface area contributed by atoms with E-state index in [1.165, 1.54) is 11.1 Å². The monoisotopic (exact) mass is 292 g/mol. The number of hydrogen-bond acceptors (Lipinski definition) is 2. The molecular weight excluding hydrogens is 264 g/mol. The van der Waals surface area contributed by atoms with Crippen molar-refractivity contribution in [1.29, 1.82) is 0 Å². The van der Waals surface area contributed by atoms with Gasteiger partial charge in [0.2, 0.25) is 0 Å². The number of carbonyl (C=O) groups is 1. The van der Waals surface area contributed by atoms with Gasteiger partial charge in [-0.3, -0.25) is 0 Å². The van der Waals surface area contributed by atoms with Crippen LogP contribution in [0, 0.1) is 10.8 Å². The van der Waals surface area contributed by atoms with Crippen molar-refractivity contribution in [2.45, 2.75) is 60.0 Å². The highest BCUT2D eigenvalue weighted by Gasteiger charge is 2.37. The van der Waals surface area contributed by atoms with Crippen LogP contribution >= 0.6 is 0 Å². The summed E-state index contributed by atoms with van der Waals surface area (Å²) >= 11 is 0. The average Bonchev–Trinajstić information content (AvgIpc) is 2.25. The lowest BCUT2D eigenvalue weighted by Crippen LogP contribution is -2.35. The second-order valence-corrected chi connectivity index (χ2v) is 8.09. The van der Waals surface area contributed by atoms with E-state index in [0.717, 1.165) is 0 Å². The fraction of sp³-hybridized carbons (Fsp3) is 0.611. The molecule has 0 amide bonds. The maximum Gasteiger partial charge on any atom is 0.331 e. The number of carboxylic acid groups (broad SMARTS) is 1. The lowest BCUT2D eigenvalue weighted by atomic mass is 9.67. The van der Waals surface area contributed by atoms with Crippen molar-refractivity contribution >= 4 is 5.97 Å². The molecule has 0 aromatic heterocycles. The third-order valence-electron chi connectivity index (χ3n) is 3.90. The SMILES string of the molecule is C=C(CC1(O)C=CC(C(C)(C)C)=C(C(C)(C)C)C1)C(=O)O. The first-order valence-electron chi connectivity index (χ1n) is 7.33. The van der Waals surface area contributed by atoms with E-state index < -0.39 is 11.6 Å². The highest BCUT2D eigenvalue weighted by Crippen LogP contribution is 2.45. The molecule has 2 N–H and O–H groups in total. The second-order valence-electron chi connectivity index (χ2n) is 8.09. The summed E-state index contributed by atoms with van der Waals surface area (Å²) in [6.07, 6.45) is 4.19. The van der Waals surface area contributed by atoms with E-state index in [4.69, 9.17) is 5.11 Å². The van der Waals surface area contributed by atoms with E-state index in [1.807, 2.05) is 6.08 Å². The first-order valence-corrected chi connectivity index (χ1v) is 7.33. The van der Waals surface area contributed by atoms with Gasteiger partial charge in [0, 0.05) is 18.4 Å². The van der Waals surface area contributed by atoms with E-state index in [1.54, 1.807) is 6.08 Å². The number of rotatable bonds is 3. The lowest BCUT2D eigenvalue weighted by molar-refractivity contribution is -0.133. The van der Waals surface area contributed by atoms with Crippen LogP contribution in [0.5, 0.6) is 0 Å². The molecule has 0 saturated carbocycles. The van der Waals surface area contributed by atoms with Crippen LogP contribution in [0.3, 0.4) is 0 Å². The maximum atomic E-state index is 11.0. The van der Waals surface area contributed by atoms with Crippen LogP contribution in [0.2, 0.25) is 0 Å². The first-order chi connectivity index (χ1) is 9.26. The van der Waals surface area contributed by atoms with Crippen molar-refractivity contribution in [1.82, 2.24) is 0 Å². The molecule has 0 aromatic rings. The van der Waals surface area contributed by atoms with Crippen molar-refractivity contribution in [2.75, 3.05) is 0 Å². The topological polar surface area (TPSA) is 57.5 Å².